The van der Waals surface area contributed by atoms with Crippen LogP contribution in [0, 0.1) is 0 Å². The van der Waals surface area contributed by atoms with Crippen LogP contribution in [0.25, 0.3) is 17.3 Å². The first-order valence-electron chi connectivity index (χ1n) is 8.58. The van der Waals surface area contributed by atoms with Crippen molar-refractivity contribution in [2.45, 2.75) is 13.0 Å². The van der Waals surface area contributed by atoms with Crippen LogP contribution in [-0.2, 0) is 11.3 Å². The van der Waals surface area contributed by atoms with E-state index in [0.29, 0.717) is 19.5 Å². The fraction of sp³-hybridized carbons (Fsp3) is 0.143. The molecule has 26 heavy (non-hydrogen) atoms. The summed E-state index contributed by atoms with van der Waals surface area (Å²) in [5.41, 5.74) is 4.48. The molecule has 1 amide bonds. The highest BCUT2D eigenvalue weighted by Gasteiger charge is 2.19. The van der Waals surface area contributed by atoms with Crippen molar-refractivity contribution >= 4 is 12.0 Å². The summed E-state index contributed by atoms with van der Waals surface area (Å²) in [4.78, 5) is 16.6. The fourth-order valence-corrected chi connectivity index (χ4v) is 3.18. The lowest BCUT2D eigenvalue weighted by molar-refractivity contribution is -0.116. The van der Waals surface area contributed by atoms with E-state index in [1.54, 1.807) is 18.5 Å². The van der Waals surface area contributed by atoms with Crippen molar-refractivity contribution in [2.75, 3.05) is 6.54 Å². The largest absolute Gasteiger partial charge is 0.508 e. The van der Waals surface area contributed by atoms with Gasteiger partial charge in [-0.05, 0) is 30.2 Å². The van der Waals surface area contributed by atoms with Gasteiger partial charge in [0.1, 0.15) is 5.75 Å². The maximum Gasteiger partial charge on any atom is 0.247 e. The summed E-state index contributed by atoms with van der Waals surface area (Å²) < 4.78 is 2.01. The van der Waals surface area contributed by atoms with Crippen LogP contribution >= 0.6 is 0 Å². The van der Waals surface area contributed by atoms with Gasteiger partial charge in [0.25, 0.3) is 0 Å². The number of imidazole rings is 1. The number of carbonyl (C=O) groups is 1. The minimum absolute atomic E-state index is 0.0193. The number of nitrogens with zero attached hydrogens (tertiary/aromatic N) is 2. The highest BCUT2D eigenvalue weighted by molar-refractivity contribution is 6.00. The highest BCUT2D eigenvalue weighted by atomic mass is 16.3. The Hall–Kier alpha value is -3.34. The molecule has 0 atom stereocenters. The third-order valence-electron chi connectivity index (χ3n) is 4.47. The van der Waals surface area contributed by atoms with Crippen molar-refractivity contribution < 1.29 is 9.90 Å². The highest BCUT2D eigenvalue weighted by Crippen LogP contribution is 2.26. The van der Waals surface area contributed by atoms with E-state index in [0.717, 1.165) is 28.1 Å². The van der Waals surface area contributed by atoms with Gasteiger partial charge < -0.3 is 15.0 Å². The Bertz CT molecular complexity index is 974. The Morgan fingerprint density at radius 3 is 2.73 bits per heavy atom. The standard InChI is InChI=1S/C21H19N3O2/c25-18-8-4-5-15(11-18)13-24-14-23-20(16-6-2-1-3-7-16)19(24)12-17-9-10-22-21(17)26/h1-8,11-12,14,25H,9-10,13H2,(H,22,26)/b17-12+. The molecule has 0 aliphatic carbocycles. The number of aromatic hydroxyl groups is 1. The van der Waals surface area contributed by atoms with Crippen LogP contribution in [0.1, 0.15) is 17.7 Å². The van der Waals surface area contributed by atoms with Gasteiger partial charge in [-0.3, -0.25) is 4.79 Å². The zero-order valence-electron chi connectivity index (χ0n) is 14.2. The van der Waals surface area contributed by atoms with Gasteiger partial charge >= 0.3 is 0 Å². The van der Waals surface area contributed by atoms with Crippen LogP contribution in [0.5, 0.6) is 5.75 Å². The molecule has 5 heteroatoms. The average molecular weight is 345 g/mol. The number of phenolic OH excluding ortho intramolecular Hbond substituents is 1. The molecule has 4 rings (SSSR count). The molecule has 3 aromatic rings. The number of nitrogens with one attached hydrogen (secondary N) is 1. The number of phenols is 1. The van der Waals surface area contributed by atoms with Gasteiger partial charge in [0.05, 0.1) is 17.7 Å². The van der Waals surface area contributed by atoms with Crippen molar-refractivity contribution in [2.24, 2.45) is 0 Å². The van der Waals surface area contributed by atoms with E-state index >= 15 is 0 Å². The van der Waals surface area contributed by atoms with Gasteiger partial charge in [-0.15, -0.1) is 0 Å². The van der Waals surface area contributed by atoms with Crippen LogP contribution in [0.15, 0.2) is 66.5 Å². The van der Waals surface area contributed by atoms with Gasteiger partial charge in [0.15, 0.2) is 0 Å². The number of carbonyl (C=O) groups excluding carboxylic acids is 1. The molecule has 1 aromatic heterocycles. The second-order valence-electron chi connectivity index (χ2n) is 6.32. The molecule has 1 fully saturated rings. The molecule has 0 unspecified atom stereocenters. The van der Waals surface area contributed by atoms with E-state index in [1.165, 1.54) is 0 Å². The molecule has 1 saturated heterocycles. The van der Waals surface area contributed by atoms with Gasteiger partial charge in [0.2, 0.25) is 5.91 Å². The molecule has 2 aromatic carbocycles. The maximum absolute atomic E-state index is 12.0. The monoisotopic (exact) mass is 345 g/mol. The third kappa shape index (κ3) is 3.24. The van der Waals surface area contributed by atoms with E-state index in [-0.39, 0.29) is 11.7 Å². The van der Waals surface area contributed by atoms with Gasteiger partial charge in [0, 0.05) is 24.2 Å². The number of hydrogen-bond donors (Lipinski definition) is 2. The number of aromatic nitrogens is 2. The lowest BCUT2D eigenvalue weighted by Gasteiger charge is -2.09. The molecule has 0 saturated carbocycles. The number of amides is 1. The fourth-order valence-electron chi connectivity index (χ4n) is 3.18. The normalized spacial score (nSPS) is 15.4. The smallest absolute Gasteiger partial charge is 0.247 e. The van der Waals surface area contributed by atoms with E-state index in [4.69, 9.17) is 0 Å². The van der Waals surface area contributed by atoms with Gasteiger partial charge in [-0.1, -0.05) is 42.5 Å². The van der Waals surface area contributed by atoms with E-state index in [1.807, 2.05) is 53.1 Å². The second kappa shape index (κ2) is 6.88. The lowest BCUT2D eigenvalue weighted by atomic mass is 10.1. The molecule has 2 N–H and O–H groups in total. The van der Waals surface area contributed by atoms with Crippen LogP contribution < -0.4 is 5.32 Å². The second-order valence-corrected chi connectivity index (χ2v) is 6.32. The van der Waals surface area contributed by atoms with Crippen LogP contribution in [0.3, 0.4) is 0 Å². The Labute approximate surface area is 151 Å². The number of benzene rings is 2. The summed E-state index contributed by atoms with van der Waals surface area (Å²) in [5.74, 6) is 0.218. The summed E-state index contributed by atoms with van der Waals surface area (Å²) in [6, 6.07) is 17.1. The molecule has 0 spiro atoms. The lowest BCUT2D eigenvalue weighted by Crippen LogP contribution is -2.14. The van der Waals surface area contributed by atoms with Crippen LogP contribution in [0.4, 0.5) is 0 Å². The summed E-state index contributed by atoms with van der Waals surface area (Å²) in [6.07, 6.45) is 4.43. The predicted octanol–water partition coefficient (Wildman–Crippen LogP) is 3.21. The molecular formula is C21H19N3O2. The summed E-state index contributed by atoms with van der Waals surface area (Å²) in [7, 11) is 0. The molecule has 1 aliphatic rings. The van der Waals surface area contributed by atoms with Crippen molar-refractivity contribution in [1.82, 2.24) is 14.9 Å². The molecular weight excluding hydrogens is 326 g/mol. The summed E-state index contributed by atoms with van der Waals surface area (Å²) in [6.45, 7) is 1.24. The first-order valence-corrected chi connectivity index (χ1v) is 8.58. The predicted molar refractivity (Wildman–Crippen MR) is 100 cm³/mol. The van der Waals surface area contributed by atoms with Gasteiger partial charge in [-0.25, -0.2) is 4.98 Å². The topological polar surface area (TPSA) is 67.2 Å². The van der Waals surface area contributed by atoms with Crippen molar-refractivity contribution in [3.8, 4) is 17.0 Å². The third-order valence-corrected chi connectivity index (χ3v) is 4.47. The van der Waals surface area contributed by atoms with Crippen molar-refractivity contribution in [3.63, 3.8) is 0 Å². The van der Waals surface area contributed by atoms with Crippen LogP contribution in [0.2, 0.25) is 0 Å². The SMILES string of the molecule is O=C1NCC/C1=C\c1c(-c2ccccc2)ncn1Cc1cccc(O)c1. The Morgan fingerprint density at radius 2 is 2.00 bits per heavy atom. The zero-order valence-corrected chi connectivity index (χ0v) is 14.2. The molecule has 130 valence electrons. The maximum atomic E-state index is 12.0. The first kappa shape index (κ1) is 16.1. The van der Waals surface area contributed by atoms with Gasteiger partial charge in [-0.2, -0.15) is 0 Å². The van der Waals surface area contributed by atoms with E-state index in [2.05, 4.69) is 10.3 Å². The number of hydrogen-bond acceptors (Lipinski definition) is 3. The Balaban J connectivity index is 1.79. The first-order chi connectivity index (χ1) is 12.7. The molecule has 0 bridgehead atoms. The molecule has 2 heterocycles. The molecule has 1 aliphatic heterocycles. The minimum Gasteiger partial charge on any atom is -0.508 e. The summed E-state index contributed by atoms with van der Waals surface area (Å²) >= 11 is 0. The van der Waals surface area contributed by atoms with Crippen molar-refractivity contribution in [1.29, 1.82) is 0 Å². The molecule has 5 nitrogen and oxygen atoms in total. The van der Waals surface area contributed by atoms with E-state index < -0.39 is 0 Å². The van der Waals surface area contributed by atoms with E-state index in [9.17, 15) is 9.90 Å². The van der Waals surface area contributed by atoms with Crippen molar-refractivity contribution in [3.05, 3.63) is 77.8 Å². The average Bonchev–Trinajstić information content (AvgIpc) is 3.23. The quantitative estimate of drug-likeness (QED) is 0.714. The molecule has 0 radical (unpaired) electrons. The van der Waals surface area contributed by atoms with Crippen LogP contribution in [-0.4, -0.2) is 27.1 Å². The Kier molecular flexibility index (Phi) is 4.27. The Morgan fingerprint density at radius 1 is 1.15 bits per heavy atom. The summed E-state index contributed by atoms with van der Waals surface area (Å²) in [5, 5.41) is 12.6. The number of rotatable bonds is 4. The minimum atomic E-state index is -0.0193. The zero-order chi connectivity index (χ0) is 17.9.